The van der Waals surface area contributed by atoms with Crippen LogP contribution in [0.2, 0.25) is 0 Å². The lowest BCUT2D eigenvalue weighted by Crippen LogP contribution is -2.37. The number of ketones is 2. The van der Waals surface area contributed by atoms with Gasteiger partial charge < -0.3 is 5.73 Å². The van der Waals surface area contributed by atoms with Gasteiger partial charge in [0.2, 0.25) is 0 Å². The highest BCUT2D eigenvalue weighted by Crippen LogP contribution is 2.45. The lowest BCUT2D eigenvalue weighted by molar-refractivity contribution is -0.137. The molecular formula is C11H17NO2. The number of carbonyl (C=O) groups is 2. The van der Waals surface area contributed by atoms with Crippen molar-refractivity contribution in [3.05, 3.63) is 0 Å². The van der Waals surface area contributed by atoms with Crippen LogP contribution in [0.25, 0.3) is 0 Å². The SMILES string of the molecule is NCC1CC(=O)C2(CCCCC2)C1=O. The van der Waals surface area contributed by atoms with Gasteiger partial charge in [0, 0.05) is 18.9 Å². The highest BCUT2D eigenvalue weighted by Gasteiger charge is 2.53. The van der Waals surface area contributed by atoms with E-state index in [1.165, 1.54) is 0 Å². The smallest absolute Gasteiger partial charge is 0.151 e. The van der Waals surface area contributed by atoms with Crippen molar-refractivity contribution in [2.24, 2.45) is 17.1 Å². The van der Waals surface area contributed by atoms with Crippen molar-refractivity contribution in [2.75, 3.05) is 6.54 Å². The zero-order valence-electron chi connectivity index (χ0n) is 8.42. The van der Waals surface area contributed by atoms with Crippen LogP contribution < -0.4 is 5.73 Å². The normalized spacial score (nSPS) is 31.4. The van der Waals surface area contributed by atoms with Crippen LogP contribution in [0.15, 0.2) is 0 Å². The zero-order valence-corrected chi connectivity index (χ0v) is 8.42. The van der Waals surface area contributed by atoms with E-state index >= 15 is 0 Å². The third kappa shape index (κ3) is 1.22. The molecule has 2 aliphatic carbocycles. The Kier molecular flexibility index (Phi) is 2.43. The van der Waals surface area contributed by atoms with Crippen LogP contribution in [0.3, 0.4) is 0 Å². The topological polar surface area (TPSA) is 60.2 Å². The van der Waals surface area contributed by atoms with Crippen LogP contribution in [0.4, 0.5) is 0 Å². The van der Waals surface area contributed by atoms with E-state index in [-0.39, 0.29) is 17.5 Å². The first-order chi connectivity index (χ1) is 6.70. The van der Waals surface area contributed by atoms with Gasteiger partial charge in [0.05, 0.1) is 5.41 Å². The molecule has 0 bridgehead atoms. The average molecular weight is 195 g/mol. The Morgan fingerprint density at radius 1 is 1.21 bits per heavy atom. The number of hydrogen-bond acceptors (Lipinski definition) is 3. The van der Waals surface area contributed by atoms with Gasteiger partial charge in [-0.25, -0.2) is 0 Å². The van der Waals surface area contributed by atoms with Crippen LogP contribution in [0, 0.1) is 11.3 Å². The Balaban J connectivity index is 2.25. The molecule has 78 valence electrons. The fraction of sp³-hybridized carbons (Fsp3) is 0.818. The minimum absolute atomic E-state index is 0.143. The van der Waals surface area contributed by atoms with Crippen molar-refractivity contribution in [3.8, 4) is 0 Å². The van der Waals surface area contributed by atoms with Crippen molar-refractivity contribution >= 4 is 11.6 Å². The third-order valence-corrected chi connectivity index (χ3v) is 3.80. The minimum atomic E-state index is -0.595. The van der Waals surface area contributed by atoms with E-state index in [4.69, 9.17) is 5.73 Å². The summed E-state index contributed by atoms with van der Waals surface area (Å²) >= 11 is 0. The van der Waals surface area contributed by atoms with Crippen LogP contribution in [-0.2, 0) is 9.59 Å². The molecule has 3 heteroatoms. The zero-order chi connectivity index (χ0) is 10.2. The Morgan fingerprint density at radius 2 is 1.86 bits per heavy atom. The minimum Gasteiger partial charge on any atom is -0.330 e. The molecule has 1 unspecified atom stereocenters. The summed E-state index contributed by atoms with van der Waals surface area (Å²) in [5, 5.41) is 0. The maximum atomic E-state index is 12.0. The molecule has 2 N–H and O–H groups in total. The van der Waals surface area contributed by atoms with Crippen LogP contribution in [-0.4, -0.2) is 18.1 Å². The molecule has 0 heterocycles. The first-order valence-corrected chi connectivity index (χ1v) is 5.48. The van der Waals surface area contributed by atoms with Gasteiger partial charge in [0.25, 0.3) is 0 Å². The van der Waals surface area contributed by atoms with Crippen molar-refractivity contribution in [1.29, 1.82) is 0 Å². The number of carbonyl (C=O) groups excluding carboxylic acids is 2. The molecular weight excluding hydrogens is 178 g/mol. The maximum absolute atomic E-state index is 12.0. The molecule has 0 aromatic carbocycles. The summed E-state index contributed by atoms with van der Waals surface area (Å²) in [6.45, 7) is 0.340. The molecule has 0 aliphatic heterocycles. The highest BCUT2D eigenvalue weighted by atomic mass is 16.2. The predicted octanol–water partition coefficient (Wildman–Crippen LogP) is 1.05. The molecule has 2 aliphatic rings. The van der Waals surface area contributed by atoms with Gasteiger partial charge >= 0.3 is 0 Å². The van der Waals surface area contributed by atoms with Crippen molar-refractivity contribution in [1.82, 2.24) is 0 Å². The van der Waals surface area contributed by atoms with Gasteiger partial charge in [-0.05, 0) is 12.8 Å². The second-order valence-electron chi connectivity index (χ2n) is 4.57. The van der Waals surface area contributed by atoms with Crippen LogP contribution in [0.5, 0.6) is 0 Å². The molecule has 1 atom stereocenters. The van der Waals surface area contributed by atoms with Gasteiger partial charge in [0.1, 0.15) is 5.78 Å². The summed E-state index contributed by atoms with van der Waals surface area (Å²) in [6.07, 6.45) is 5.16. The number of Topliss-reactive ketones (excluding diaryl/α,β-unsaturated/α-hetero) is 2. The van der Waals surface area contributed by atoms with E-state index in [0.717, 1.165) is 32.1 Å². The second kappa shape index (κ2) is 3.46. The standard InChI is InChI=1S/C11H17NO2/c12-7-8-6-9(13)11(10(8)14)4-2-1-3-5-11/h8H,1-7,12H2. The van der Waals surface area contributed by atoms with E-state index in [0.29, 0.717) is 13.0 Å². The number of nitrogens with two attached hydrogens (primary N) is 1. The molecule has 3 nitrogen and oxygen atoms in total. The average Bonchev–Trinajstić information content (AvgIpc) is 2.45. The summed E-state index contributed by atoms with van der Waals surface area (Å²) in [5.74, 6) is 0.128. The van der Waals surface area contributed by atoms with E-state index in [1.807, 2.05) is 0 Å². The van der Waals surface area contributed by atoms with E-state index in [9.17, 15) is 9.59 Å². The maximum Gasteiger partial charge on any atom is 0.151 e. The molecule has 14 heavy (non-hydrogen) atoms. The summed E-state index contributed by atoms with van der Waals surface area (Å²) in [7, 11) is 0. The van der Waals surface area contributed by atoms with E-state index in [1.54, 1.807) is 0 Å². The Bertz CT molecular complexity index is 266. The number of hydrogen-bond donors (Lipinski definition) is 1. The molecule has 0 radical (unpaired) electrons. The van der Waals surface area contributed by atoms with Gasteiger partial charge in [-0.3, -0.25) is 9.59 Å². The molecule has 0 aromatic rings. The molecule has 2 rings (SSSR count). The first-order valence-electron chi connectivity index (χ1n) is 5.48. The van der Waals surface area contributed by atoms with E-state index < -0.39 is 5.41 Å². The first kappa shape index (κ1) is 9.84. The van der Waals surface area contributed by atoms with Crippen molar-refractivity contribution < 1.29 is 9.59 Å². The molecule has 2 fully saturated rings. The molecule has 0 aromatic heterocycles. The molecule has 1 spiro atoms. The molecule has 0 saturated heterocycles. The Hall–Kier alpha value is -0.700. The van der Waals surface area contributed by atoms with Crippen molar-refractivity contribution in [2.45, 2.75) is 38.5 Å². The molecule has 0 amide bonds. The monoisotopic (exact) mass is 195 g/mol. The summed E-state index contributed by atoms with van der Waals surface area (Å²) in [4.78, 5) is 23.9. The van der Waals surface area contributed by atoms with Crippen LogP contribution >= 0.6 is 0 Å². The number of rotatable bonds is 1. The van der Waals surface area contributed by atoms with Gasteiger partial charge in [-0.1, -0.05) is 19.3 Å². The second-order valence-corrected chi connectivity index (χ2v) is 4.57. The van der Waals surface area contributed by atoms with Gasteiger partial charge in [0.15, 0.2) is 5.78 Å². The predicted molar refractivity (Wildman–Crippen MR) is 52.7 cm³/mol. The van der Waals surface area contributed by atoms with E-state index in [2.05, 4.69) is 0 Å². The fourth-order valence-electron chi connectivity index (χ4n) is 2.91. The van der Waals surface area contributed by atoms with Gasteiger partial charge in [-0.2, -0.15) is 0 Å². The highest BCUT2D eigenvalue weighted by molar-refractivity contribution is 6.14. The summed E-state index contributed by atoms with van der Waals surface area (Å²) in [5.41, 5.74) is 4.91. The summed E-state index contributed by atoms with van der Waals surface area (Å²) < 4.78 is 0. The van der Waals surface area contributed by atoms with Crippen LogP contribution in [0.1, 0.15) is 38.5 Å². The lowest BCUT2D eigenvalue weighted by Gasteiger charge is -2.30. The van der Waals surface area contributed by atoms with Gasteiger partial charge in [-0.15, -0.1) is 0 Å². The fourth-order valence-corrected chi connectivity index (χ4v) is 2.91. The Morgan fingerprint density at radius 3 is 2.36 bits per heavy atom. The quantitative estimate of drug-likeness (QED) is 0.636. The largest absolute Gasteiger partial charge is 0.330 e. The lowest BCUT2D eigenvalue weighted by atomic mass is 9.71. The summed E-state index contributed by atoms with van der Waals surface area (Å²) in [6, 6.07) is 0. The Labute approximate surface area is 84.0 Å². The third-order valence-electron chi connectivity index (χ3n) is 3.80. The molecule has 2 saturated carbocycles. The van der Waals surface area contributed by atoms with Crippen molar-refractivity contribution in [3.63, 3.8) is 0 Å².